The molecule has 0 aliphatic rings. The molecule has 0 amide bonds. The summed E-state index contributed by atoms with van der Waals surface area (Å²) in [7, 11) is -2.34. The van der Waals surface area contributed by atoms with Crippen molar-refractivity contribution in [2.75, 3.05) is 0 Å². The maximum atomic E-state index is 9.29. The van der Waals surface area contributed by atoms with Gasteiger partial charge >= 0.3 is 37.7 Å². The van der Waals surface area contributed by atoms with Gasteiger partial charge in [-0.2, -0.15) is 0 Å². The summed E-state index contributed by atoms with van der Waals surface area (Å²) in [5.74, 6) is 0. The summed E-state index contributed by atoms with van der Waals surface area (Å²) < 4.78 is 9.29. The first-order chi connectivity index (χ1) is 2.00. The Morgan fingerprint density at radius 2 is 1.67 bits per heavy atom. The third kappa shape index (κ3) is 45.5. The van der Waals surface area contributed by atoms with Gasteiger partial charge in [0.05, 0.1) is 0 Å². The Hall–Kier alpha value is 1.63. The molecule has 0 atom stereocenters. The predicted octanol–water partition coefficient (Wildman–Crippen LogP) is -1.18. The van der Waals surface area contributed by atoms with Crippen molar-refractivity contribution in [3.8, 4) is 0 Å². The molecular weight excluding hydrogens is 147 g/mol. The molecular formula is H5CaO3PSi. The van der Waals surface area contributed by atoms with Crippen LogP contribution in [0.15, 0.2) is 0 Å². The molecule has 0 saturated carbocycles. The molecule has 0 saturated heterocycles. The number of hydrogen-bond donors (Lipinski definition) is 2. The van der Waals surface area contributed by atoms with Gasteiger partial charge in [0.1, 0.15) is 0 Å². The molecule has 0 unspecified atom stereocenters. The second-order valence-electron chi connectivity index (χ2n) is 0.589. The van der Waals surface area contributed by atoms with Gasteiger partial charge in [-0.25, -0.2) is 0 Å². The van der Waals surface area contributed by atoms with E-state index in [1.54, 1.807) is 0 Å². The van der Waals surface area contributed by atoms with E-state index < -0.39 is 7.14 Å². The SMILES string of the molecule is O=P(O)(O)[SiH].[Ca+2].[H-].[H-]. The van der Waals surface area contributed by atoms with Crippen LogP contribution < -0.4 is 0 Å². The van der Waals surface area contributed by atoms with Crippen molar-refractivity contribution < 1.29 is 17.2 Å². The van der Waals surface area contributed by atoms with Gasteiger partial charge in [0.15, 0.2) is 9.91 Å². The fourth-order valence-corrected chi connectivity index (χ4v) is 0. The van der Waals surface area contributed by atoms with Crippen LogP contribution in [0.3, 0.4) is 0 Å². The summed E-state index contributed by atoms with van der Waals surface area (Å²) in [5.41, 5.74) is 0. The number of rotatable bonds is 0. The van der Waals surface area contributed by atoms with Gasteiger partial charge < -0.3 is 12.6 Å². The molecule has 0 rings (SSSR count). The predicted molar refractivity (Wildman–Crippen MR) is 27.2 cm³/mol. The van der Waals surface area contributed by atoms with Crippen molar-refractivity contribution in [1.82, 2.24) is 0 Å². The Morgan fingerprint density at radius 1 is 1.67 bits per heavy atom. The molecule has 0 aliphatic carbocycles. The van der Waals surface area contributed by atoms with E-state index in [2.05, 4.69) is 0 Å². The zero-order valence-electron chi connectivity index (χ0n) is 5.03. The van der Waals surface area contributed by atoms with E-state index in [0.29, 0.717) is 0 Å². The number of hydrogen-bond acceptors (Lipinski definition) is 1. The molecule has 2 N–H and O–H groups in total. The molecule has 0 aromatic rings. The standard InChI is InChI=1S/Ca.H3O3PSi.2H/c;1-4(2,3)5;;/h;5H,(H2,1,2,3);;/q+2;;2*-1. The maximum absolute atomic E-state index is 9.29. The Kier molecular flexibility index (Phi) is 6.36. The fraction of sp³-hybridized carbons (Fsp3) is 0. The Labute approximate surface area is 71.5 Å². The molecule has 34 valence electrons. The van der Waals surface area contributed by atoms with Gasteiger partial charge in [-0.05, 0) is 0 Å². The normalized spacial score (nSPS) is 9.83. The van der Waals surface area contributed by atoms with E-state index in [9.17, 15) is 4.57 Å². The largest absolute Gasteiger partial charge is 2.00 e. The Morgan fingerprint density at radius 3 is 1.67 bits per heavy atom. The van der Waals surface area contributed by atoms with E-state index in [1.165, 1.54) is 9.91 Å². The van der Waals surface area contributed by atoms with Crippen LogP contribution >= 0.6 is 7.14 Å². The van der Waals surface area contributed by atoms with Crippen LogP contribution in [0.5, 0.6) is 0 Å². The van der Waals surface area contributed by atoms with E-state index in [-0.39, 0.29) is 40.6 Å². The van der Waals surface area contributed by atoms with Crippen LogP contribution in [0.4, 0.5) is 0 Å². The van der Waals surface area contributed by atoms with E-state index in [1.807, 2.05) is 0 Å². The quantitative estimate of drug-likeness (QED) is 0.339. The van der Waals surface area contributed by atoms with Crippen LogP contribution in [-0.4, -0.2) is 57.4 Å². The first-order valence-corrected chi connectivity index (χ1v) is 4.07. The van der Waals surface area contributed by atoms with Crippen LogP contribution in [-0.2, 0) is 4.57 Å². The van der Waals surface area contributed by atoms with Gasteiger partial charge in [-0.1, -0.05) is 0 Å². The van der Waals surface area contributed by atoms with Crippen molar-refractivity contribution in [2.45, 2.75) is 0 Å². The molecule has 0 fully saturated rings. The fourth-order valence-electron chi connectivity index (χ4n) is 0. The molecule has 2 radical (unpaired) electrons. The van der Waals surface area contributed by atoms with Gasteiger partial charge in [0.2, 0.25) is 0 Å². The molecule has 3 nitrogen and oxygen atoms in total. The smallest absolute Gasteiger partial charge is 1.00 e. The van der Waals surface area contributed by atoms with Crippen molar-refractivity contribution >= 4 is 54.8 Å². The summed E-state index contributed by atoms with van der Waals surface area (Å²) in [6.07, 6.45) is 0. The molecule has 0 heterocycles. The molecule has 6 heavy (non-hydrogen) atoms. The molecule has 0 aliphatic heterocycles. The van der Waals surface area contributed by atoms with Gasteiger partial charge in [-0.15, -0.1) is 0 Å². The average molecular weight is 152 g/mol. The van der Waals surface area contributed by atoms with Crippen LogP contribution in [0, 0.1) is 0 Å². The van der Waals surface area contributed by atoms with Crippen LogP contribution in [0.25, 0.3) is 0 Å². The third-order valence-electron chi connectivity index (χ3n) is 0. The topological polar surface area (TPSA) is 57.5 Å². The van der Waals surface area contributed by atoms with Crippen molar-refractivity contribution in [2.24, 2.45) is 0 Å². The maximum Gasteiger partial charge on any atom is 2.00 e. The van der Waals surface area contributed by atoms with Crippen molar-refractivity contribution in [1.29, 1.82) is 0 Å². The van der Waals surface area contributed by atoms with Gasteiger partial charge in [0.25, 0.3) is 7.14 Å². The van der Waals surface area contributed by atoms with Crippen molar-refractivity contribution in [3.63, 3.8) is 0 Å². The monoisotopic (exact) mass is 152 g/mol. The second kappa shape index (κ2) is 3.61. The third-order valence-corrected chi connectivity index (χ3v) is 0. The minimum absolute atomic E-state index is 0. The molecule has 6 heteroatoms. The minimum atomic E-state index is -3.72. The van der Waals surface area contributed by atoms with E-state index in [0.717, 1.165) is 0 Å². The first-order valence-electron chi connectivity index (χ1n) is 0.841. The molecule has 0 spiro atoms. The minimum Gasteiger partial charge on any atom is -1.00 e. The van der Waals surface area contributed by atoms with Crippen molar-refractivity contribution in [3.05, 3.63) is 0 Å². The summed E-state index contributed by atoms with van der Waals surface area (Å²) >= 11 is 0. The summed E-state index contributed by atoms with van der Waals surface area (Å²) in [4.78, 5) is 15.2. The zero-order valence-corrected chi connectivity index (χ0v) is 7.29. The molecule has 0 aromatic carbocycles. The Bertz CT molecular complexity index is 63.4. The molecule has 0 bridgehead atoms. The van der Waals surface area contributed by atoms with Crippen LogP contribution in [0.2, 0.25) is 0 Å². The van der Waals surface area contributed by atoms with E-state index in [4.69, 9.17) is 9.79 Å². The summed E-state index contributed by atoms with van der Waals surface area (Å²) in [6, 6.07) is 0. The first kappa shape index (κ1) is 10.6. The van der Waals surface area contributed by atoms with Crippen LogP contribution in [0.1, 0.15) is 2.85 Å². The Balaban J connectivity index is -0.0000000267. The average Bonchev–Trinajstić information content (AvgIpc) is 0.722. The van der Waals surface area contributed by atoms with Gasteiger partial charge in [-0.3, -0.25) is 4.57 Å². The van der Waals surface area contributed by atoms with Gasteiger partial charge in [0, 0.05) is 0 Å². The van der Waals surface area contributed by atoms with E-state index >= 15 is 0 Å². The molecule has 0 aromatic heterocycles. The summed E-state index contributed by atoms with van der Waals surface area (Å²) in [6.45, 7) is 0. The zero-order chi connectivity index (χ0) is 4.50. The summed E-state index contributed by atoms with van der Waals surface area (Å²) in [5, 5.41) is 0. The second-order valence-corrected chi connectivity index (χ2v) is 3.79.